The highest BCUT2D eigenvalue weighted by molar-refractivity contribution is 6.24. The number of hydrogen-bond donors (Lipinski definition) is 1. The van der Waals surface area contributed by atoms with Crippen LogP contribution in [0.2, 0.25) is 0 Å². The lowest BCUT2D eigenvalue weighted by molar-refractivity contribution is -0.123. The molecule has 28 heavy (non-hydrogen) atoms. The molecule has 1 aliphatic heterocycles. The molecule has 2 amide bonds. The third kappa shape index (κ3) is 2.45. The van der Waals surface area contributed by atoms with E-state index in [2.05, 4.69) is 11.1 Å². The number of imide groups is 1. The SMILES string of the molecule is COc1ccc(N2C(=O)[C@@H]3c4cc(C)[nH]c4C4CCCCCC4[C@@H]3C2=O)cc1. The number of amides is 2. The second-order valence-corrected chi connectivity index (χ2v) is 8.44. The van der Waals surface area contributed by atoms with Crippen LogP contribution >= 0.6 is 0 Å². The molecule has 0 spiro atoms. The lowest BCUT2D eigenvalue weighted by Crippen LogP contribution is -2.35. The minimum atomic E-state index is -0.353. The number of rotatable bonds is 2. The maximum absolute atomic E-state index is 13.6. The fourth-order valence-electron chi connectivity index (χ4n) is 5.76. The number of aromatic nitrogens is 1. The maximum atomic E-state index is 13.6. The number of ether oxygens (including phenoxy) is 1. The summed E-state index contributed by atoms with van der Waals surface area (Å²) < 4.78 is 5.22. The zero-order valence-corrected chi connectivity index (χ0v) is 16.4. The molecule has 5 heteroatoms. The Balaban J connectivity index is 1.61. The molecule has 1 aromatic carbocycles. The topological polar surface area (TPSA) is 62.4 Å². The summed E-state index contributed by atoms with van der Waals surface area (Å²) in [5.74, 6) is 0.629. The minimum Gasteiger partial charge on any atom is -0.497 e. The van der Waals surface area contributed by atoms with E-state index < -0.39 is 0 Å². The van der Waals surface area contributed by atoms with Crippen molar-refractivity contribution >= 4 is 17.5 Å². The number of benzene rings is 1. The van der Waals surface area contributed by atoms with Gasteiger partial charge in [-0.2, -0.15) is 0 Å². The first-order valence-electron chi connectivity index (χ1n) is 10.3. The Morgan fingerprint density at radius 2 is 1.79 bits per heavy atom. The highest BCUT2D eigenvalue weighted by Crippen LogP contribution is 2.55. The maximum Gasteiger partial charge on any atom is 0.242 e. The quantitative estimate of drug-likeness (QED) is 0.793. The lowest BCUT2D eigenvalue weighted by Gasteiger charge is -2.36. The van der Waals surface area contributed by atoms with Crippen LogP contribution in [0.25, 0.3) is 0 Å². The number of anilines is 1. The number of hydrogen-bond acceptors (Lipinski definition) is 3. The highest BCUT2D eigenvalue weighted by Gasteiger charge is 2.57. The molecular formula is C23H26N2O3. The van der Waals surface area contributed by atoms with Gasteiger partial charge in [0.2, 0.25) is 11.8 Å². The number of carbonyl (C=O) groups excluding carboxylic acids is 2. The number of aryl methyl sites for hydroxylation is 1. The molecule has 4 atom stereocenters. The number of carbonyl (C=O) groups is 2. The van der Waals surface area contributed by atoms with Gasteiger partial charge in [-0.25, -0.2) is 4.90 Å². The minimum absolute atomic E-state index is 0.0263. The number of nitrogens with one attached hydrogen (secondary N) is 1. The molecule has 146 valence electrons. The van der Waals surface area contributed by atoms with Gasteiger partial charge in [0.1, 0.15) is 5.75 Å². The summed E-state index contributed by atoms with van der Waals surface area (Å²) in [4.78, 5) is 32.0. The summed E-state index contributed by atoms with van der Waals surface area (Å²) in [7, 11) is 1.61. The van der Waals surface area contributed by atoms with Crippen LogP contribution in [-0.4, -0.2) is 23.9 Å². The molecule has 0 radical (unpaired) electrons. The monoisotopic (exact) mass is 378 g/mol. The van der Waals surface area contributed by atoms with E-state index >= 15 is 0 Å². The fraction of sp³-hybridized carbons (Fsp3) is 0.478. The van der Waals surface area contributed by atoms with E-state index in [4.69, 9.17) is 4.74 Å². The van der Waals surface area contributed by atoms with Crippen molar-refractivity contribution in [3.63, 3.8) is 0 Å². The van der Waals surface area contributed by atoms with E-state index in [1.165, 1.54) is 23.4 Å². The second kappa shape index (κ2) is 6.50. The van der Waals surface area contributed by atoms with Crippen molar-refractivity contribution < 1.29 is 14.3 Å². The summed E-state index contributed by atoms with van der Waals surface area (Å²) in [5, 5.41) is 0. The predicted octanol–water partition coefficient (Wildman–Crippen LogP) is 4.28. The van der Waals surface area contributed by atoms with Gasteiger partial charge in [0.15, 0.2) is 0 Å². The molecule has 2 fully saturated rings. The Kier molecular flexibility index (Phi) is 4.07. The van der Waals surface area contributed by atoms with Crippen LogP contribution in [-0.2, 0) is 9.59 Å². The number of H-pyrrole nitrogens is 1. The number of aromatic amines is 1. The van der Waals surface area contributed by atoms with Gasteiger partial charge < -0.3 is 9.72 Å². The Morgan fingerprint density at radius 1 is 1.04 bits per heavy atom. The van der Waals surface area contributed by atoms with Gasteiger partial charge in [-0.15, -0.1) is 0 Å². The summed E-state index contributed by atoms with van der Waals surface area (Å²) in [6.07, 6.45) is 5.68. The van der Waals surface area contributed by atoms with Crippen LogP contribution < -0.4 is 9.64 Å². The van der Waals surface area contributed by atoms with Crippen LogP contribution in [0.15, 0.2) is 30.3 Å². The van der Waals surface area contributed by atoms with Crippen molar-refractivity contribution in [3.8, 4) is 5.75 Å². The van der Waals surface area contributed by atoms with E-state index in [9.17, 15) is 9.59 Å². The van der Waals surface area contributed by atoms with Crippen molar-refractivity contribution in [3.05, 3.63) is 47.3 Å². The molecule has 0 bridgehead atoms. The van der Waals surface area contributed by atoms with Gasteiger partial charge in [-0.05, 0) is 61.6 Å². The molecule has 1 saturated heterocycles. The highest BCUT2D eigenvalue weighted by atomic mass is 16.5. The third-order valence-corrected chi connectivity index (χ3v) is 6.93. The van der Waals surface area contributed by atoms with Gasteiger partial charge in [-0.1, -0.05) is 19.3 Å². The fourth-order valence-corrected chi connectivity index (χ4v) is 5.76. The van der Waals surface area contributed by atoms with E-state index in [-0.39, 0.29) is 29.6 Å². The molecule has 3 aliphatic rings. The van der Waals surface area contributed by atoms with E-state index in [1.54, 1.807) is 31.4 Å². The molecular weight excluding hydrogens is 352 g/mol. The van der Waals surface area contributed by atoms with Crippen LogP contribution in [0.5, 0.6) is 5.75 Å². The van der Waals surface area contributed by atoms with Crippen LogP contribution in [0.3, 0.4) is 0 Å². The van der Waals surface area contributed by atoms with E-state index in [0.29, 0.717) is 17.4 Å². The standard InChI is InChI=1S/C23H26N2O3/c1-13-12-18-20-19(16-6-4-3-5-7-17(16)21(18)24-13)22(26)25(23(20)27)14-8-10-15(28-2)11-9-14/h8-12,16-17,19-20,24H,3-7H2,1-2H3/t16?,17?,19-,20+/m0/s1. The summed E-state index contributed by atoms with van der Waals surface area (Å²) in [6.45, 7) is 2.04. The smallest absolute Gasteiger partial charge is 0.242 e. The summed E-state index contributed by atoms with van der Waals surface area (Å²) in [6, 6.07) is 9.31. The van der Waals surface area contributed by atoms with Gasteiger partial charge in [-0.3, -0.25) is 9.59 Å². The van der Waals surface area contributed by atoms with Gasteiger partial charge in [0, 0.05) is 17.3 Å². The van der Waals surface area contributed by atoms with E-state index in [0.717, 1.165) is 30.5 Å². The molecule has 2 aliphatic carbocycles. The van der Waals surface area contributed by atoms with Crippen molar-refractivity contribution in [2.45, 2.75) is 50.9 Å². The Morgan fingerprint density at radius 3 is 2.54 bits per heavy atom. The van der Waals surface area contributed by atoms with Crippen LogP contribution in [0, 0.1) is 18.8 Å². The third-order valence-electron chi connectivity index (χ3n) is 6.93. The Hall–Kier alpha value is -2.56. The second-order valence-electron chi connectivity index (χ2n) is 8.44. The van der Waals surface area contributed by atoms with Crippen LogP contribution in [0.1, 0.15) is 60.9 Å². The van der Waals surface area contributed by atoms with E-state index in [1.807, 2.05) is 6.92 Å². The largest absolute Gasteiger partial charge is 0.497 e. The molecule has 2 unspecified atom stereocenters. The van der Waals surface area contributed by atoms with Gasteiger partial charge in [0.25, 0.3) is 0 Å². The molecule has 1 N–H and O–H groups in total. The summed E-state index contributed by atoms with van der Waals surface area (Å²) >= 11 is 0. The number of nitrogens with zero attached hydrogens (tertiary/aromatic N) is 1. The number of methoxy groups -OCH3 is 1. The zero-order chi connectivity index (χ0) is 19.4. The van der Waals surface area contributed by atoms with Crippen molar-refractivity contribution in [1.82, 2.24) is 4.98 Å². The molecule has 1 saturated carbocycles. The normalized spacial score (nSPS) is 29.1. The molecule has 5 rings (SSSR count). The molecule has 1 aromatic heterocycles. The Labute approximate surface area is 165 Å². The van der Waals surface area contributed by atoms with Crippen molar-refractivity contribution in [2.75, 3.05) is 12.0 Å². The first kappa shape index (κ1) is 17.5. The average Bonchev–Trinajstić information content (AvgIpc) is 3.07. The lowest BCUT2D eigenvalue weighted by atomic mass is 9.65. The van der Waals surface area contributed by atoms with Gasteiger partial charge >= 0.3 is 0 Å². The zero-order valence-electron chi connectivity index (χ0n) is 16.4. The van der Waals surface area contributed by atoms with Crippen molar-refractivity contribution in [1.29, 1.82) is 0 Å². The summed E-state index contributed by atoms with van der Waals surface area (Å²) in [5.41, 5.74) is 3.99. The first-order valence-corrected chi connectivity index (χ1v) is 10.3. The molecule has 2 aromatic rings. The van der Waals surface area contributed by atoms with Gasteiger partial charge in [0.05, 0.1) is 24.6 Å². The molecule has 5 nitrogen and oxygen atoms in total. The Bertz CT molecular complexity index is 930. The average molecular weight is 378 g/mol. The number of fused-ring (bicyclic) bond motifs is 6. The predicted molar refractivity (Wildman–Crippen MR) is 107 cm³/mol. The van der Waals surface area contributed by atoms with Crippen LogP contribution in [0.4, 0.5) is 5.69 Å². The van der Waals surface area contributed by atoms with Crippen molar-refractivity contribution in [2.24, 2.45) is 11.8 Å². The molecule has 2 heterocycles. The first-order chi connectivity index (χ1) is 13.6.